The minimum Gasteiger partial charge on any atom is -0.274 e. The molecule has 4 nitrogen and oxygen atoms in total. The monoisotopic (exact) mass is 201 g/mol. The van der Waals surface area contributed by atoms with E-state index in [0.29, 0.717) is 18.2 Å². The summed E-state index contributed by atoms with van der Waals surface area (Å²) >= 11 is 5.01. The molecule has 0 bridgehead atoms. The largest absolute Gasteiger partial charge is 0.330 e. The molecule has 0 saturated carbocycles. The van der Waals surface area contributed by atoms with Crippen molar-refractivity contribution < 1.29 is 14.1 Å². The van der Waals surface area contributed by atoms with Gasteiger partial charge in [-0.1, -0.05) is 0 Å². The topological polar surface area (TPSA) is 46.2 Å². The van der Waals surface area contributed by atoms with Gasteiger partial charge in [0.1, 0.15) is 6.42 Å². The highest BCUT2D eigenvalue weighted by Crippen LogP contribution is 2.14. The van der Waals surface area contributed by atoms with E-state index in [-0.39, 0.29) is 22.7 Å². The Bertz CT molecular complexity index is 249. The first-order valence-electron chi connectivity index (χ1n) is 4.31. The Morgan fingerprint density at radius 2 is 1.92 bits per heavy atom. The molecule has 1 heterocycles. The van der Waals surface area contributed by atoms with Crippen LogP contribution in [-0.2, 0) is 9.59 Å². The lowest BCUT2D eigenvalue weighted by Gasteiger charge is -2.35. The van der Waals surface area contributed by atoms with Gasteiger partial charge in [0.15, 0.2) is 0 Å². The summed E-state index contributed by atoms with van der Waals surface area (Å²) in [5.74, 6) is -0.385. The lowest BCUT2D eigenvalue weighted by atomic mass is 10.2. The highest BCUT2D eigenvalue weighted by atomic mass is 32.1. The van der Waals surface area contributed by atoms with E-state index in [1.54, 1.807) is 0 Å². The Morgan fingerprint density at radius 1 is 1.38 bits per heavy atom. The summed E-state index contributed by atoms with van der Waals surface area (Å²) in [5.41, 5.74) is 0. The van der Waals surface area contributed by atoms with Crippen molar-refractivity contribution in [3.05, 3.63) is 0 Å². The van der Waals surface area contributed by atoms with Crippen molar-refractivity contribution in [3.8, 4) is 0 Å². The second kappa shape index (κ2) is 3.51. The standard InChI is InChI=1S/C8H12N2O2S/c1-3-10(4-2)7(12)5-6(11)9-8(10)13/h3-5H2,1-2H3/p+1. The van der Waals surface area contributed by atoms with Crippen LogP contribution in [0, 0.1) is 0 Å². The van der Waals surface area contributed by atoms with Crippen LogP contribution in [0.15, 0.2) is 0 Å². The fraction of sp³-hybridized carbons (Fsp3) is 0.625. The Kier molecular flexibility index (Phi) is 2.77. The molecule has 1 aliphatic rings. The van der Waals surface area contributed by atoms with Gasteiger partial charge in [0.05, 0.1) is 13.1 Å². The minimum atomic E-state index is -0.286. The van der Waals surface area contributed by atoms with Gasteiger partial charge in [-0.2, -0.15) is 0 Å². The number of carbonyl (C=O) groups excluding carboxylic acids is 2. The third-order valence-electron chi connectivity index (χ3n) is 2.50. The molecule has 72 valence electrons. The third-order valence-corrected chi connectivity index (χ3v) is 2.96. The number of hydrogen-bond acceptors (Lipinski definition) is 3. The molecule has 2 amide bonds. The van der Waals surface area contributed by atoms with Crippen molar-refractivity contribution >= 4 is 29.1 Å². The number of hydrogen-bond donors (Lipinski definition) is 1. The summed E-state index contributed by atoms with van der Waals surface area (Å²) in [4.78, 5) is 22.6. The first kappa shape index (κ1) is 10.3. The van der Waals surface area contributed by atoms with Gasteiger partial charge >= 0.3 is 5.91 Å². The van der Waals surface area contributed by atoms with E-state index >= 15 is 0 Å². The Morgan fingerprint density at radius 3 is 2.31 bits per heavy atom. The Balaban J connectivity index is 3.01. The molecule has 0 aromatic carbocycles. The van der Waals surface area contributed by atoms with Gasteiger partial charge in [-0.25, -0.2) is 9.28 Å². The fourth-order valence-corrected chi connectivity index (χ4v) is 2.01. The summed E-state index contributed by atoms with van der Waals surface area (Å²) in [5, 5.41) is 2.89. The molecule has 0 atom stereocenters. The van der Waals surface area contributed by atoms with Crippen molar-refractivity contribution in [2.24, 2.45) is 0 Å². The maximum Gasteiger partial charge on any atom is 0.330 e. The SMILES string of the molecule is CC[N+]1(CC)C(=O)CC(=O)NC1=S. The van der Waals surface area contributed by atoms with Crippen molar-refractivity contribution in [2.45, 2.75) is 20.3 Å². The number of thiocarbonyl (C=S) groups is 1. The zero-order chi connectivity index (χ0) is 10.1. The van der Waals surface area contributed by atoms with Crippen LogP contribution < -0.4 is 5.32 Å². The van der Waals surface area contributed by atoms with Gasteiger partial charge < -0.3 is 0 Å². The van der Waals surface area contributed by atoms with E-state index in [1.807, 2.05) is 13.8 Å². The van der Waals surface area contributed by atoms with Gasteiger partial charge in [0.25, 0.3) is 5.11 Å². The average Bonchev–Trinajstić information content (AvgIpc) is 2.05. The summed E-state index contributed by atoms with van der Waals surface area (Å²) in [6.45, 7) is 5.00. The Labute approximate surface area is 82.5 Å². The van der Waals surface area contributed by atoms with Crippen LogP contribution in [0.3, 0.4) is 0 Å². The van der Waals surface area contributed by atoms with Crippen LogP contribution in [0.5, 0.6) is 0 Å². The van der Waals surface area contributed by atoms with Crippen LogP contribution in [-0.4, -0.2) is 34.5 Å². The lowest BCUT2D eigenvalue weighted by Crippen LogP contribution is -2.65. The summed E-state index contributed by atoms with van der Waals surface area (Å²) in [6.07, 6.45) is -0.0538. The van der Waals surface area contributed by atoms with E-state index in [4.69, 9.17) is 12.2 Å². The molecule has 0 spiro atoms. The van der Waals surface area contributed by atoms with Gasteiger partial charge in [-0.05, 0) is 13.8 Å². The van der Waals surface area contributed by atoms with E-state index in [1.165, 1.54) is 0 Å². The zero-order valence-electron chi connectivity index (χ0n) is 7.79. The molecule has 0 aromatic rings. The highest BCUT2D eigenvalue weighted by Gasteiger charge is 2.44. The molecular formula is C8H13N2O2S+. The summed E-state index contributed by atoms with van der Waals surface area (Å²) < 4.78 is 0.112. The second-order valence-corrected chi connectivity index (χ2v) is 3.41. The van der Waals surface area contributed by atoms with E-state index < -0.39 is 0 Å². The van der Waals surface area contributed by atoms with Crippen LogP contribution in [0.1, 0.15) is 20.3 Å². The molecule has 0 radical (unpaired) electrons. The van der Waals surface area contributed by atoms with Crippen molar-refractivity contribution in [3.63, 3.8) is 0 Å². The first-order valence-corrected chi connectivity index (χ1v) is 4.72. The Hall–Kier alpha value is -0.810. The number of rotatable bonds is 2. The zero-order valence-corrected chi connectivity index (χ0v) is 8.61. The van der Waals surface area contributed by atoms with Crippen molar-refractivity contribution in [1.29, 1.82) is 0 Å². The van der Waals surface area contributed by atoms with Crippen LogP contribution in [0.4, 0.5) is 0 Å². The average molecular weight is 201 g/mol. The van der Waals surface area contributed by atoms with Gasteiger partial charge in [-0.3, -0.25) is 10.1 Å². The minimum absolute atomic E-state index is 0.0538. The number of amides is 2. The molecule has 0 aliphatic carbocycles. The highest BCUT2D eigenvalue weighted by molar-refractivity contribution is 7.80. The number of nitrogens with zero attached hydrogens (tertiary/aromatic N) is 1. The normalized spacial score (nSPS) is 21.5. The number of carbonyl (C=O) groups is 2. The molecule has 13 heavy (non-hydrogen) atoms. The maximum atomic E-state index is 11.6. The van der Waals surface area contributed by atoms with E-state index in [9.17, 15) is 9.59 Å². The molecule has 0 unspecified atom stereocenters. The number of nitrogens with one attached hydrogen (secondary N) is 1. The van der Waals surface area contributed by atoms with Crippen molar-refractivity contribution in [1.82, 2.24) is 5.32 Å². The second-order valence-electron chi connectivity index (χ2n) is 3.02. The summed E-state index contributed by atoms with van der Waals surface area (Å²) in [7, 11) is 0. The first-order chi connectivity index (χ1) is 6.06. The van der Waals surface area contributed by atoms with Gasteiger partial charge in [0.2, 0.25) is 5.91 Å². The predicted molar refractivity (Wildman–Crippen MR) is 51.7 cm³/mol. The third kappa shape index (κ3) is 1.49. The number of quaternary nitrogens is 1. The van der Waals surface area contributed by atoms with E-state index in [0.717, 1.165) is 0 Å². The molecule has 5 heteroatoms. The molecule has 1 saturated heterocycles. The molecular weight excluding hydrogens is 188 g/mol. The smallest absolute Gasteiger partial charge is 0.274 e. The van der Waals surface area contributed by atoms with Crippen LogP contribution in [0.2, 0.25) is 0 Å². The van der Waals surface area contributed by atoms with Crippen molar-refractivity contribution in [2.75, 3.05) is 13.1 Å². The molecule has 1 fully saturated rings. The lowest BCUT2D eigenvalue weighted by molar-refractivity contribution is -0.760. The maximum absolute atomic E-state index is 11.6. The fourth-order valence-electron chi connectivity index (χ4n) is 1.54. The molecule has 1 aliphatic heterocycles. The molecule has 1 rings (SSSR count). The molecule has 0 aromatic heterocycles. The quantitative estimate of drug-likeness (QED) is 0.394. The van der Waals surface area contributed by atoms with Gasteiger partial charge in [-0.15, -0.1) is 0 Å². The summed E-state index contributed by atoms with van der Waals surface area (Å²) in [6, 6.07) is 0. The van der Waals surface area contributed by atoms with Crippen LogP contribution >= 0.6 is 12.2 Å². The van der Waals surface area contributed by atoms with Gasteiger partial charge in [0, 0.05) is 12.2 Å². The predicted octanol–water partition coefficient (Wildman–Crippen LogP) is 0.174. The van der Waals surface area contributed by atoms with E-state index in [2.05, 4.69) is 5.32 Å². The van der Waals surface area contributed by atoms with Crippen LogP contribution in [0.25, 0.3) is 0 Å². The molecule has 1 N–H and O–H groups in total.